The zero-order valence-electron chi connectivity index (χ0n) is 13.6. The molecule has 23 heavy (non-hydrogen) atoms. The van der Waals surface area contributed by atoms with Crippen molar-refractivity contribution in [2.45, 2.75) is 43.9 Å². The van der Waals surface area contributed by atoms with Crippen LogP contribution in [0.1, 0.15) is 20.8 Å². The lowest BCUT2D eigenvalue weighted by Gasteiger charge is -2.11. The molecule has 0 aliphatic rings. The molecule has 9 heteroatoms. The third-order valence-electron chi connectivity index (χ3n) is 3.07. The van der Waals surface area contributed by atoms with Gasteiger partial charge in [-0.1, -0.05) is 11.8 Å². The van der Waals surface area contributed by atoms with Crippen LogP contribution in [0.15, 0.2) is 11.4 Å². The topological polar surface area (TPSA) is 84.7 Å². The number of hydrogen-bond acceptors (Lipinski definition) is 6. The third-order valence-corrected chi connectivity index (χ3v) is 3.81. The van der Waals surface area contributed by atoms with Crippen molar-refractivity contribution in [3.63, 3.8) is 0 Å². The molecule has 0 radical (unpaired) electrons. The van der Waals surface area contributed by atoms with Gasteiger partial charge < -0.3 is 10.6 Å². The third kappa shape index (κ3) is 4.48. The Morgan fingerprint density at radius 1 is 1.39 bits per heavy atom. The van der Waals surface area contributed by atoms with Crippen LogP contribution in [0.5, 0.6) is 0 Å². The van der Waals surface area contributed by atoms with Crippen molar-refractivity contribution in [3.8, 4) is 0 Å². The van der Waals surface area contributed by atoms with Crippen LogP contribution in [0.25, 0.3) is 11.0 Å². The molecule has 0 saturated heterocycles. The second kappa shape index (κ2) is 7.83. The summed E-state index contributed by atoms with van der Waals surface area (Å²) in [7, 11) is 0. The van der Waals surface area contributed by atoms with Gasteiger partial charge in [-0.2, -0.15) is 5.10 Å². The SMILES string of the molecule is CSc1nc(NC(C)C)c2cnn(CCNC(=O)C(C)Cl)c2n1. The molecule has 1 atom stereocenters. The second-order valence-corrected chi connectivity index (χ2v) is 6.80. The van der Waals surface area contributed by atoms with Crippen LogP contribution in [-0.4, -0.2) is 49.9 Å². The molecule has 1 unspecified atom stereocenters. The monoisotopic (exact) mass is 356 g/mol. The number of rotatable bonds is 7. The van der Waals surface area contributed by atoms with Crippen LogP contribution in [0.3, 0.4) is 0 Å². The highest BCUT2D eigenvalue weighted by atomic mass is 35.5. The van der Waals surface area contributed by atoms with E-state index < -0.39 is 5.38 Å². The first-order chi connectivity index (χ1) is 10.9. The molecule has 0 saturated carbocycles. The van der Waals surface area contributed by atoms with Crippen LogP contribution in [0, 0.1) is 0 Å². The largest absolute Gasteiger partial charge is 0.367 e. The molecule has 2 rings (SSSR count). The van der Waals surface area contributed by atoms with Gasteiger partial charge in [-0.3, -0.25) is 4.79 Å². The number of nitrogens with one attached hydrogen (secondary N) is 2. The Hall–Kier alpha value is -1.54. The fourth-order valence-corrected chi connectivity index (χ4v) is 2.44. The molecule has 1 amide bonds. The van der Waals surface area contributed by atoms with Gasteiger partial charge in [0, 0.05) is 12.6 Å². The van der Waals surface area contributed by atoms with Crippen LogP contribution in [0.4, 0.5) is 5.82 Å². The van der Waals surface area contributed by atoms with Gasteiger partial charge in [0.2, 0.25) is 5.91 Å². The Kier molecular flexibility index (Phi) is 6.06. The number of thioether (sulfide) groups is 1. The number of alkyl halides is 1. The number of fused-ring (bicyclic) bond motifs is 1. The Labute approximate surface area is 144 Å². The summed E-state index contributed by atoms with van der Waals surface area (Å²) in [5.74, 6) is 0.587. The van der Waals surface area contributed by atoms with Crippen LogP contribution in [0.2, 0.25) is 0 Å². The Balaban J connectivity index is 2.23. The number of aromatic nitrogens is 4. The van der Waals surface area contributed by atoms with Gasteiger partial charge in [0.1, 0.15) is 11.2 Å². The lowest BCUT2D eigenvalue weighted by Crippen LogP contribution is -2.32. The summed E-state index contributed by atoms with van der Waals surface area (Å²) < 4.78 is 1.77. The minimum Gasteiger partial charge on any atom is -0.367 e. The van der Waals surface area contributed by atoms with E-state index in [9.17, 15) is 4.79 Å². The molecule has 0 bridgehead atoms. The maximum absolute atomic E-state index is 11.5. The number of carbonyl (C=O) groups excluding carboxylic acids is 1. The highest BCUT2D eigenvalue weighted by Crippen LogP contribution is 2.23. The van der Waals surface area contributed by atoms with Crippen molar-refractivity contribution in [1.29, 1.82) is 0 Å². The average molecular weight is 357 g/mol. The summed E-state index contributed by atoms with van der Waals surface area (Å²) in [4.78, 5) is 20.5. The van der Waals surface area contributed by atoms with E-state index in [2.05, 4.69) is 39.5 Å². The summed E-state index contributed by atoms with van der Waals surface area (Å²) in [5, 5.41) is 11.5. The van der Waals surface area contributed by atoms with Gasteiger partial charge in [0.25, 0.3) is 0 Å². The molecule has 2 aromatic heterocycles. The molecule has 2 heterocycles. The first-order valence-electron chi connectivity index (χ1n) is 7.38. The Morgan fingerprint density at radius 2 is 2.13 bits per heavy atom. The first kappa shape index (κ1) is 17.8. The predicted molar refractivity (Wildman–Crippen MR) is 94.2 cm³/mol. The highest BCUT2D eigenvalue weighted by molar-refractivity contribution is 7.98. The summed E-state index contributed by atoms with van der Waals surface area (Å²) >= 11 is 7.21. The van der Waals surface area contributed by atoms with Gasteiger partial charge in [0.15, 0.2) is 10.8 Å². The zero-order valence-corrected chi connectivity index (χ0v) is 15.2. The fraction of sp³-hybridized carbons (Fsp3) is 0.571. The molecular weight excluding hydrogens is 336 g/mol. The molecule has 0 aliphatic heterocycles. The van der Waals surface area contributed by atoms with Crippen molar-refractivity contribution in [1.82, 2.24) is 25.1 Å². The fourth-order valence-electron chi connectivity index (χ4n) is 2.00. The molecule has 0 spiro atoms. The minimum absolute atomic E-state index is 0.190. The number of halogens is 1. The summed E-state index contributed by atoms with van der Waals surface area (Å²) in [6.45, 7) is 6.71. The lowest BCUT2D eigenvalue weighted by molar-refractivity contribution is -0.120. The summed E-state index contributed by atoms with van der Waals surface area (Å²) in [6.07, 6.45) is 3.68. The van der Waals surface area contributed by atoms with E-state index in [-0.39, 0.29) is 11.9 Å². The van der Waals surface area contributed by atoms with Gasteiger partial charge in [0.05, 0.1) is 18.1 Å². The lowest BCUT2D eigenvalue weighted by atomic mass is 10.3. The number of hydrogen-bond donors (Lipinski definition) is 2. The van der Waals surface area contributed by atoms with Gasteiger partial charge in [-0.15, -0.1) is 11.6 Å². The van der Waals surface area contributed by atoms with Gasteiger partial charge >= 0.3 is 0 Å². The van der Waals surface area contributed by atoms with E-state index in [1.165, 1.54) is 11.8 Å². The van der Waals surface area contributed by atoms with Crippen molar-refractivity contribution in [2.75, 3.05) is 18.1 Å². The number of anilines is 1. The molecule has 2 aromatic rings. The van der Waals surface area contributed by atoms with Crippen LogP contribution in [-0.2, 0) is 11.3 Å². The maximum Gasteiger partial charge on any atom is 0.237 e. The standard InChI is InChI=1S/C14H21ClN6OS/c1-8(2)18-11-10-7-17-21(6-5-16-13(22)9(3)15)12(10)20-14(19-11)23-4/h7-9H,5-6H2,1-4H3,(H,16,22)(H,18,19,20). The normalized spacial score (nSPS) is 12.6. The molecule has 0 aliphatic carbocycles. The average Bonchev–Trinajstić information content (AvgIpc) is 2.89. The smallest absolute Gasteiger partial charge is 0.237 e. The summed E-state index contributed by atoms with van der Waals surface area (Å²) in [5.41, 5.74) is 0.751. The number of nitrogens with zero attached hydrogens (tertiary/aromatic N) is 4. The number of carbonyl (C=O) groups is 1. The zero-order chi connectivity index (χ0) is 17.0. The van der Waals surface area contributed by atoms with E-state index in [1.54, 1.807) is 17.8 Å². The Bertz CT molecular complexity index is 687. The minimum atomic E-state index is -0.545. The Morgan fingerprint density at radius 3 is 2.74 bits per heavy atom. The van der Waals surface area contributed by atoms with Crippen molar-refractivity contribution < 1.29 is 4.79 Å². The maximum atomic E-state index is 11.5. The quantitative estimate of drug-likeness (QED) is 0.449. The predicted octanol–water partition coefficient (Wildman–Crippen LogP) is 2.11. The van der Waals surface area contributed by atoms with E-state index in [0.29, 0.717) is 18.2 Å². The van der Waals surface area contributed by atoms with Crippen LogP contribution >= 0.6 is 23.4 Å². The van der Waals surface area contributed by atoms with Gasteiger partial charge in [-0.25, -0.2) is 14.6 Å². The van der Waals surface area contributed by atoms with Gasteiger partial charge in [-0.05, 0) is 27.0 Å². The summed E-state index contributed by atoms with van der Waals surface area (Å²) in [6, 6.07) is 0.260. The molecule has 0 aromatic carbocycles. The highest BCUT2D eigenvalue weighted by Gasteiger charge is 2.14. The van der Waals surface area contributed by atoms with Crippen molar-refractivity contribution in [2.24, 2.45) is 0 Å². The van der Waals surface area contributed by atoms with Crippen molar-refractivity contribution in [3.05, 3.63) is 6.20 Å². The van der Waals surface area contributed by atoms with E-state index in [4.69, 9.17) is 11.6 Å². The molecule has 7 nitrogen and oxygen atoms in total. The second-order valence-electron chi connectivity index (χ2n) is 5.37. The number of amides is 1. The van der Waals surface area contributed by atoms with Crippen LogP contribution < -0.4 is 10.6 Å². The molecular formula is C14H21ClN6OS. The molecule has 126 valence electrons. The first-order valence-corrected chi connectivity index (χ1v) is 9.04. The van der Waals surface area contributed by atoms with E-state index in [0.717, 1.165) is 16.9 Å². The molecule has 2 N–H and O–H groups in total. The molecule has 0 fully saturated rings. The van der Waals surface area contributed by atoms with E-state index in [1.807, 2.05) is 6.26 Å². The van der Waals surface area contributed by atoms with E-state index >= 15 is 0 Å². The van der Waals surface area contributed by atoms with Crippen molar-refractivity contribution >= 4 is 46.1 Å².